The van der Waals surface area contributed by atoms with Gasteiger partial charge in [-0.15, -0.1) is 9.05 Å². The molecule has 116 valence electrons. The minimum absolute atomic E-state index is 0.0215. The standard InChI is InChI=1S/C14H26O5P/c1-5-12-13(7-11(4)17-12)19-20(15)16-8-14-9(2)6-10(3)18-14/h9-14H,5-8H2,1-4H3/q+1. The molecule has 5 nitrogen and oxygen atoms in total. The molecule has 2 aliphatic heterocycles. The Hall–Kier alpha value is -0.0600. The lowest BCUT2D eigenvalue weighted by atomic mass is 10.0. The van der Waals surface area contributed by atoms with Crippen LogP contribution in [0.25, 0.3) is 0 Å². The Labute approximate surface area is 122 Å². The van der Waals surface area contributed by atoms with Crippen molar-refractivity contribution in [3.63, 3.8) is 0 Å². The predicted molar refractivity (Wildman–Crippen MR) is 75.8 cm³/mol. The first-order valence-corrected chi connectivity index (χ1v) is 8.67. The fourth-order valence-corrected chi connectivity index (χ4v) is 3.81. The Morgan fingerprint density at radius 2 is 1.75 bits per heavy atom. The summed E-state index contributed by atoms with van der Waals surface area (Å²) in [5, 5.41) is 0. The third-order valence-electron chi connectivity index (χ3n) is 4.10. The lowest BCUT2D eigenvalue weighted by Gasteiger charge is -2.12. The number of hydrogen-bond acceptors (Lipinski definition) is 5. The first-order chi connectivity index (χ1) is 9.49. The molecular formula is C14H26O5P+. The minimum Gasteiger partial charge on any atom is -0.372 e. The van der Waals surface area contributed by atoms with Crippen LogP contribution >= 0.6 is 8.25 Å². The average Bonchev–Trinajstić information content (AvgIpc) is 2.89. The van der Waals surface area contributed by atoms with Crippen molar-refractivity contribution in [2.75, 3.05) is 6.61 Å². The highest BCUT2D eigenvalue weighted by molar-refractivity contribution is 7.33. The summed E-state index contributed by atoms with van der Waals surface area (Å²) in [4.78, 5) is 0. The summed E-state index contributed by atoms with van der Waals surface area (Å²) < 4.78 is 34.2. The van der Waals surface area contributed by atoms with Crippen LogP contribution in [0.2, 0.25) is 0 Å². The second kappa shape index (κ2) is 7.28. The maximum absolute atomic E-state index is 11.9. The molecule has 2 heterocycles. The van der Waals surface area contributed by atoms with Crippen LogP contribution < -0.4 is 0 Å². The van der Waals surface area contributed by atoms with Crippen molar-refractivity contribution in [3.8, 4) is 0 Å². The van der Waals surface area contributed by atoms with Crippen LogP contribution in [0.1, 0.15) is 47.0 Å². The van der Waals surface area contributed by atoms with E-state index in [0.29, 0.717) is 12.5 Å². The molecular weight excluding hydrogens is 279 g/mol. The molecule has 20 heavy (non-hydrogen) atoms. The van der Waals surface area contributed by atoms with Gasteiger partial charge in [0, 0.05) is 11.0 Å². The van der Waals surface area contributed by atoms with Gasteiger partial charge in [0.15, 0.2) is 0 Å². The summed E-state index contributed by atoms with van der Waals surface area (Å²) in [5.74, 6) is 0.437. The average molecular weight is 305 g/mol. The maximum atomic E-state index is 11.9. The van der Waals surface area contributed by atoms with Crippen LogP contribution in [0.15, 0.2) is 0 Å². The molecule has 2 saturated heterocycles. The van der Waals surface area contributed by atoms with Crippen molar-refractivity contribution >= 4 is 8.25 Å². The number of hydrogen-bond donors (Lipinski definition) is 0. The highest BCUT2D eigenvalue weighted by atomic mass is 31.1. The highest BCUT2D eigenvalue weighted by Gasteiger charge is 2.41. The van der Waals surface area contributed by atoms with E-state index in [0.717, 1.165) is 19.3 Å². The van der Waals surface area contributed by atoms with E-state index < -0.39 is 8.25 Å². The summed E-state index contributed by atoms with van der Waals surface area (Å²) in [7, 11) is -2.10. The molecule has 0 spiro atoms. The monoisotopic (exact) mass is 305 g/mol. The summed E-state index contributed by atoms with van der Waals surface area (Å²) in [6.07, 6.45) is 2.99. The molecule has 0 bridgehead atoms. The van der Waals surface area contributed by atoms with Gasteiger partial charge in [-0.2, -0.15) is 0 Å². The number of rotatable bonds is 6. The molecule has 0 N–H and O–H groups in total. The van der Waals surface area contributed by atoms with Crippen molar-refractivity contribution in [1.82, 2.24) is 0 Å². The van der Waals surface area contributed by atoms with E-state index in [1.54, 1.807) is 0 Å². The highest BCUT2D eigenvalue weighted by Crippen LogP contribution is 2.36. The quantitative estimate of drug-likeness (QED) is 0.704. The van der Waals surface area contributed by atoms with Crippen LogP contribution in [-0.2, 0) is 23.1 Å². The zero-order valence-electron chi connectivity index (χ0n) is 12.8. The predicted octanol–water partition coefficient (Wildman–Crippen LogP) is 3.45. The molecule has 0 aromatic carbocycles. The van der Waals surface area contributed by atoms with Crippen LogP contribution in [0, 0.1) is 5.92 Å². The Morgan fingerprint density at radius 3 is 2.35 bits per heavy atom. The van der Waals surface area contributed by atoms with Crippen molar-refractivity contribution in [1.29, 1.82) is 0 Å². The molecule has 6 heteroatoms. The Bertz CT molecular complexity index is 338. The second-order valence-corrected chi connectivity index (χ2v) is 6.91. The van der Waals surface area contributed by atoms with Gasteiger partial charge in [-0.25, -0.2) is 0 Å². The van der Waals surface area contributed by atoms with Crippen molar-refractivity contribution in [2.24, 2.45) is 5.92 Å². The van der Waals surface area contributed by atoms with Crippen LogP contribution in [-0.4, -0.2) is 37.1 Å². The topological polar surface area (TPSA) is 54.0 Å². The van der Waals surface area contributed by atoms with Gasteiger partial charge in [0.2, 0.25) is 0 Å². The zero-order valence-corrected chi connectivity index (χ0v) is 13.7. The Balaban J connectivity index is 1.73. The largest absolute Gasteiger partial charge is 0.697 e. The van der Waals surface area contributed by atoms with E-state index in [2.05, 4.69) is 13.8 Å². The third kappa shape index (κ3) is 4.22. The molecule has 0 radical (unpaired) electrons. The van der Waals surface area contributed by atoms with Gasteiger partial charge in [-0.3, -0.25) is 0 Å². The first-order valence-electron chi connectivity index (χ1n) is 7.57. The second-order valence-electron chi connectivity index (χ2n) is 5.99. The Morgan fingerprint density at radius 1 is 1.10 bits per heavy atom. The minimum atomic E-state index is -2.10. The molecule has 2 rings (SSSR count). The van der Waals surface area contributed by atoms with Gasteiger partial charge in [-0.05, 0) is 32.6 Å². The molecule has 2 fully saturated rings. The van der Waals surface area contributed by atoms with Crippen molar-refractivity contribution in [3.05, 3.63) is 0 Å². The van der Waals surface area contributed by atoms with Gasteiger partial charge in [0.1, 0.15) is 12.7 Å². The summed E-state index contributed by atoms with van der Waals surface area (Å²) in [6.45, 7) is 8.57. The molecule has 0 amide bonds. The lowest BCUT2D eigenvalue weighted by molar-refractivity contribution is 0.00268. The molecule has 2 aliphatic rings. The van der Waals surface area contributed by atoms with Crippen molar-refractivity contribution < 1.29 is 23.1 Å². The van der Waals surface area contributed by atoms with Gasteiger partial charge < -0.3 is 9.47 Å². The van der Waals surface area contributed by atoms with E-state index >= 15 is 0 Å². The SMILES string of the molecule is CCC1OC(C)CC1O[P+](=O)OCC1OC(C)CC1C. The lowest BCUT2D eigenvalue weighted by Crippen LogP contribution is -2.23. The Kier molecular flexibility index (Phi) is 5.94. The molecule has 0 aromatic rings. The molecule has 7 unspecified atom stereocenters. The first kappa shape index (κ1) is 16.3. The number of ether oxygens (including phenoxy) is 2. The molecule has 7 atom stereocenters. The van der Waals surface area contributed by atoms with E-state index in [4.69, 9.17) is 18.5 Å². The van der Waals surface area contributed by atoms with E-state index in [-0.39, 0.29) is 30.5 Å². The summed E-state index contributed by atoms with van der Waals surface area (Å²) >= 11 is 0. The van der Waals surface area contributed by atoms with Gasteiger partial charge >= 0.3 is 8.25 Å². The van der Waals surface area contributed by atoms with E-state index in [9.17, 15) is 4.57 Å². The molecule has 0 aliphatic carbocycles. The molecule has 0 saturated carbocycles. The van der Waals surface area contributed by atoms with E-state index in [1.165, 1.54) is 0 Å². The van der Waals surface area contributed by atoms with Gasteiger partial charge in [-0.1, -0.05) is 13.8 Å². The van der Waals surface area contributed by atoms with Crippen LogP contribution in [0.3, 0.4) is 0 Å². The van der Waals surface area contributed by atoms with Crippen LogP contribution in [0.5, 0.6) is 0 Å². The maximum Gasteiger partial charge on any atom is 0.697 e. The van der Waals surface area contributed by atoms with Gasteiger partial charge in [0.05, 0.1) is 24.4 Å². The summed E-state index contributed by atoms with van der Waals surface area (Å²) in [6, 6.07) is 0. The smallest absolute Gasteiger partial charge is 0.372 e. The van der Waals surface area contributed by atoms with Crippen LogP contribution in [0.4, 0.5) is 0 Å². The normalized spacial score (nSPS) is 42.1. The fourth-order valence-electron chi connectivity index (χ4n) is 3.03. The fraction of sp³-hybridized carbons (Fsp3) is 1.00. The third-order valence-corrected chi connectivity index (χ3v) is 4.90. The van der Waals surface area contributed by atoms with Crippen molar-refractivity contribution in [2.45, 2.75) is 77.5 Å². The molecule has 0 aromatic heterocycles. The summed E-state index contributed by atoms with van der Waals surface area (Å²) in [5.41, 5.74) is 0. The van der Waals surface area contributed by atoms with E-state index in [1.807, 2.05) is 13.8 Å². The van der Waals surface area contributed by atoms with Gasteiger partial charge in [0.25, 0.3) is 0 Å². The zero-order chi connectivity index (χ0) is 14.7.